The van der Waals surface area contributed by atoms with Crippen molar-refractivity contribution < 1.29 is 26.5 Å². The third kappa shape index (κ3) is 2.94. The summed E-state index contributed by atoms with van der Waals surface area (Å²) in [4.78, 5) is 5.23. The molecule has 2 aromatic rings. The maximum atomic E-state index is 12.6. The number of rotatable bonds is 3. The van der Waals surface area contributed by atoms with E-state index in [4.69, 9.17) is 4.52 Å². The van der Waals surface area contributed by atoms with Crippen molar-refractivity contribution in [3.05, 3.63) is 29.0 Å². The highest BCUT2D eigenvalue weighted by atomic mass is 19.4. The van der Waals surface area contributed by atoms with Crippen molar-refractivity contribution in [3.8, 4) is 0 Å². The van der Waals surface area contributed by atoms with Gasteiger partial charge < -0.3 is 9.42 Å². The zero-order valence-electron chi connectivity index (χ0n) is 11.7. The van der Waals surface area contributed by atoms with E-state index < -0.39 is 24.1 Å². The maximum absolute atomic E-state index is 12.6. The number of nitrogens with zero attached hydrogens (tertiary/aromatic N) is 5. The molecule has 0 N–H and O–H groups in total. The Kier molecular flexibility index (Phi) is 3.65. The van der Waals surface area contributed by atoms with Gasteiger partial charge in [-0.15, -0.1) is 10.2 Å². The molecule has 0 radical (unpaired) electrons. The average molecular weight is 335 g/mol. The van der Waals surface area contributed by atoms with Crippen LogP contribution in [-0.4, -0.2) is 33.4 Å². The summed E-state index contributed by atoms with van der Waals surface area (Å²) < 4.78 is 67.4. The molecule has 23 heavy (non-hydrogen) atoms. The second kappa shape index (κ2) is 5.39. The van der Waals surface area contributed by atoms with Crippen LogP contribution in [0, 0.1) is 6.92 Å². The number of halogens is 5. The highest BCUT2D eigenvalue weighted by Gasteiger charge is 2.37. The topological polar surface area (TPSA) is 67.9 Å². The lowest BCUT2D eigenvalue weighted by atomic mass is 10.00. The number of hydrogen-bond donors (Lipinski definition) is 0. The SMILES string of the molecule is Cc1cc(N2CC(c3nc(C(F)F)no3)C2)nnc1C(F)(F)F. The first-order valence-corrected chi connectivity index (χ1v) is 6.54. The van der Waals surface area contributed by atoms with Gasteiger partial charge in [-0.25, -0.2) is 8.78 Å². The van der Waals surface area contributed by atoms with Crippen LogP contribution in [0.15, 0.2) is 10.6 Å². The monoisotopic (exact) mass is 335 g/mol. The smallest absolute Gasteiger partial charge is 0.353 e. The van der Waals surface area contributed by atoms with Gasteiger partial charge >= 0.3 is 12.6 Å². The molecule has 1 aliphatic heterocycles. The summed E-state index contributed by atoms with van der Waals surface area (Å²) in [5.74, 6) is -0.587. The molecule has 1 aliphatic rings. The number of aromatic nitrogens is 4. The van der Waals surface area contributed by atoms with Crippen molar-refractivity contribution in [2.75, 3.05) is 18.0 Å². The lowest BCUT2D eigenvalue weighted by Gasteiger charge is -2.37. The molecular formula is C12H10F5N5O. The van der Waals surface area contributed by atoms with Crippen LogP contribution in [0.3, 0.4) is 0 Å². The third-order valence-corrected chi connectivity index (χ3v) is 3.45. The Bertz CT molecular complexity index is 710. The molecule has 0 aliphatic carbocycles. The second-order valence-corrected chi connectivity index (χ2v) is 5.13. The largest absolute Gasteiger partial charge is 0.435 e. The molecule has 0 saturated carbocycles. The normalized spacial score (nSPS) is 16.0. The first-order chi connectivity index (χ1) is 10.8. The Hall–Kier alpha value is -2.33. The Labute approximate surface area is 126 Å². The van der Waals surface area contributed by atoms with Gasteiger partial charge in [0.15, 0.2) is 11.5 Å². The summed E-state index contributed by atoms with van der Waals surface area (Å²) in [6.45, 7) is 1.94. The molecule has 1 fully saturated rings. The fraction of sp³-hybridized carbons (Fsp3) is 0.500. The van der Waals surface area contributed by atoms with Crippen molar-refractivity contribution >= 4 is 5.82 Å². The Balaban J connectivity index is 1.68. The second-order valence-electron chi connectivity index (χ2n) is 5.13. The van der Waals surface area contributed by atoms with Gasteiger partial charge in [0.2, 0.25) is 11.7 Å². The Morgan fingerprint density at radius 3 is 2.48 bits per heavy atom. The number of aryl methyl sites for hydroxylation is 1. The fourth-order valence-electron chi connectivity index (χ4n) is 2.23. The molecule has 6 nitrogen and oxygen atoms in total. The summed E-state index contributed by atoms with van der Waals surface area (Å²) in [5.41, 5.74) is -1.07. The molecule has 0 spiro atoms. The van der Waals surface area contributed by atoms with Crippen molar-refractivity contribution in [1.82, 2.24) is 20.3 Å². The minimum absolute atomic E-state index is 0.0382. The molecule has 2 aromatic heterocycles. The average Bonchev–Trinajstić information content (AvgIpc) is 2.85. The Morgan fingerprint density at radius 1 is 1.26 bits per heavy atom. The van der Waals surface area contributed by atoms with E-state index in [9.17, 15) is 22.0 Å². The van der Waals surface area contributed by atoms with Gasteiger partial charge in [0.25, 0.3) is 0 Å². The van der Waals surface area contributed by atoms with Gasteiger partial charge in [-0.1, -0.05) is 5.16 Å². The van der Waals surface area contributed by atoms with Crippen LogP contribution in [0.2, 0.25) is 0 Å². The van der Waals surface area contributed by atoms with Crippen LogP contribution in [-0.2, 0) is 6.18 Å². The molecule has 0 bridgehead atoms. The van der Waals surface area contributed by atoms with Gasteiger partial charge in [-0.3, -0.25) is 0 Å². The van der Waals surface area contributed by atoms with Gasteiger partial charge in [-0.05, 0) is 18.6 Å². The van der Waals surface area contributed by atoms with Crippen LogP contribution >= 0.6 is 0 Å². The zero-order valence-corrected chi connectivity index (χ0v) is 11.7. The molecule has 124 valence electrons. The van der Waals surface area contributed by atoms with Crippen molar-refractivity contribution in [1.29, 1.82) is 0 Å². The highest BCUT2D eigenvalue weighted by molar-refractivity contribution is 5.45. The fourth-order valence-corrected chi connectivity index (χ4v) is 2.23. The molecule has 0 unspecified atom stereocenters. The van der Waals surface area contributed by atoms with E-state index in [2.05, 4.69) is 20.3 Å². The van der Waals surface area contributed by atoms with E-state index in [0.717, 1.165) is 0 Å². The lowest BCUT2D eigenvalue weighted by molar-refractivity contribution is -0.142. The molecule has 0 atom stereocenters. The van der Waals surface area contributed by atoms with Gasteiger partial charge in [0.1, 0.15) is 0 Å². The predicted octanol–water partition coefficient (Wildman–Crippen LogP) is 2.73. The van der Waals surface area contributed by atoms with E-state index >= 15 is 0 Å². The Morgan fingerprint density at radius 2 is 1.96 bits per heavy atom. The number of alkyl halides is 5. The maximum Gasteiger partial charge on any atom is 0.435 e. The summed E-state index contributed by atoms with van der Waals surface area (Å²) in [5, 5.41) is 9.93. The van der Waals surface area contributed by atoms with Crippen LogP contribution in [0.25, 0.3) is 0 Å². The van der Waals surface area contributed by atoms with Gasteiger partial charge in [0.05, 0.1) is 5.92 Å². The summed E-state index contributed by atoms with van der Waals surface area (Å²) >= 11 is 0. The van der Waals surface area contributed by atoms with Crippen molar-refractivity contribution in [2.45, 2.75) is 25.4 Å². The highest BCUT2D eigenvalue weighted by Crippen LogP contribution is 2.34. The first-order valence-electron chi connectivity index (χ1n) is 6.54. The van der Waals surface area contributed by atoms with E-state index in [1.807, 2.05) is 0 Å². The van der Waals surface area contributed by atoms with Crippen LogP contribution in [0.5, 0.6) is 0 Å². The molecule has 1 saturated heterocycles. The molecule has 11 heteroatoms. The molecule has 3 heterocycles. The van der Waals surface area contributed by atoms with Gasteiger partial charge in [-0.2, -0.15) is 18.2 Å². The predicted molar refractivity (Wildman–Crippen MR) is 66.0 cm³/mol. The minimum Gasteiger partial charge on any atom is -0.353 e. The first kappa shape index (κ1) is 15.6. The molecule has 3 rings (SSSR count). The summed E-state index contributed by atoms with van der Waals surface area (Å²) in [6, 6.07) is 1.28. The zero-order chi connectivity index (χ0) is 16.8. The van der Waals surface area contributed by atoms with Gasteiger partial charge in [0, 0.05) is 13.1 Å². The van der Waals surface area contributed by atoms with E-state index in [0.29, 0.717) is 13.1 Å². The summed E-state index contributed by atoms with van der Waals surface area (Å²) in [6.07, 6.45) is -7.37. The van der Waals surface area contributed by atoms with E-state index in [1.54, 1.807) is 4.90 Å². The minimum atomic E-state index is -4.55. The molecular weight excluding hydrogens is 325 g/mol. The summed E-state index contributed by atoms with van der Waals surface area (Å²) in [7, 11) is 0. The molecule has 0 amide bonds. The van der Waals surface area contributed by atoms with E-state index in [-0.39, 0.29) is 23.2 Å². The van der Waals surface area contributed by atoms with E-state index in [1.165, 1.54) is 13.0 Å². The van der Waals surface area contributed by atoms with Crippen molar-refractivity contribution in [2.24, 2.45) is 0 Å². The molecule has 0 aromatic carbocycles. The standard InChI is InChI=1S/C12H10F5N5O/c1-5-2-7(19-20-8(5)12(15,16)17)22-3-6(4-22)11-18-10(9(13)14)21-23-11/h2,6,9H,3-4H2,1H3. The number of anilines is 1. The van der Waals surface area contributed by atoms with Crippen molar-refractivity contribution in [3.63, 3.8) is 0 Å². The quantitative estimate of drug-likeness (QED) is 0.804. The van der Waals surface area contributed by atoms with Crippen LogP contribution in [0.4, 0.5) is 27.8 Å². The van der Waals surface area contributed by atoms with Crippen LogP contribution < -0.4 is 4.90 Å². The third-order valence-electron chi connectivity index (χ3n) is 3.45. The number of hydrogen-bond acceptors (Lipinski definition) is 6. The lowest BCUT2D eigenvalue weighted by Crippen LogP contribution is -2.45. The van der Waals surface area contributed by atoms with Crippen LogP contribution in [0.1, 0.15) is 35.3 Å².